The highest BCUT2D eigenvalue weighted by Gasteiger charge is 2.34. The van der Waals surface area contributed by atoms with Gasteiger partial charge < -0.3 is 15.4 Å². The Kier molecular flexibility index (Phi) is 5.75. The summed E-state index contributed by atoms with van der Waals surface area (Å²) in [6.07, 6.45) is -2.86. The van der Waals surface area contributed by atoms with Crippen LogP contribution in [0, 0.1) is 5.41 Å². The number of hydrogen-bond donors (Lipinski definition) is 3. The standard InChI is InChI=1S/C18H22F3N3O2/c1-17(2,3)15(11-5-4-6-12(7-11)18(19,20)21)24-16(26)14(25)8-13-9-22-10-23-13/h4-7,9-10,14-15,25H,8H2,1-3H3,(H,22,23)(H,24,26)/t14-,15?/m1/s1. The molecule has 2 aromatic rings. The average molecular weight is 369 g/mol. The van der Waals surface area contributed by atoms with Crippen molar-refractivity contribution < 1.29 is 23.1 Å². The van der Waals surface area contributed by atoms with Gasteiger partial charge in [0.25, 0.3) is 0 Å². The maximum Gasteiger partial charge on any atom is 0.416 e. The maximum atomic E-state index is 13.0. The number of benzene rings is 1. The number of aliphatic hydroxyl groups excluding tert-OH is 1. The summed E-state index contributed by atoms with van der Waals surface area (Å²) in [6, 6.07) is 4.15. The van der Waals surface area contributed by atoms with Gasteiger partial charge in [-0.15, -0.1) is 0 Å². The monoisotopic (exact) mass is 369 g/mol. The van der Waals surface area contributed by atoms with Gasteiger partial charge in [0.05, 0.1) is 17.9 Å². The normalized spacial score (nSPS) is 14.7. The Hall–Kier alpha value is -2.35. The van der Waals surface area contributed by atoms with Crippen molar-refractivity contribution in [3.8, 4) is 0 Å². The average Bonchev–Trinajstić information content (AvgIpc) is 3.03. The number of carbonyl (C=O) groups excluding carboxylic acids is 1. The van der Waals surface area contributed by atoms with E-state index < -0.39 is 35.2 Å². The Labute approximate surface area is 149 Å². The molecule has 0 saturated heterocycles. The quantitative estimate of drug-likeness (QED) is 0.757. The molecule has 1 aromatic carbocycles. The molecule has 1 amide bonds. The molecule has 8 heteroatoms. The lowest BCUT2D eigenvalue weighted by Gasteiger charge is -2.33. The van der Waals surface area contributed by atoms with Crippen LogP contribution in [0.15, 0.2) is 36.8 Å². The van der Waals surface area contributed by atoms with Crippen molar-refractivity contribution in [1.82, 2.24) is 15.3 Å². The molecule has 5 nitrogen and oxygen atoms in total. The smallest absolute Gasteiger partial charge is 0.383 e. The van der Waals surface area contributed by atoms with E-state index in [2.05, 4.69) is 15.3 Å². The predicted octanol–water partition coefficient (Wildman–Crippen LogP) is 3.24. The number of alkyl halides is 3. The number of aliphatic hydroxyl groups is 1. The Morgan fingerprint density at radius 3 is 2.54 bits per heavy atom. The minimum atomic E-state index is -4.47. The van der Waals surface area contributed by atoms with Crippen LogP contribution in [0.2, 0.25) is 0 Å². The zero-order chi connectivity index (χ0) is 19.5. The summed E-state index contributed by atoms with van der Waals surface area (Å²) in [5.41, 5.74) is -0.432. The number of nitrogens with one attached hydrogen (secondary N) is 2. The van der Waals surface area contributed by atoms with E-state index in [4.69, 9.17) is 0 Å². The van der Waals surface area contributed by atoms with E-state index in [0.717, 1.165) is 12.1 Å². The fourth-order valence-electron chi connectivity index (χ4n) is 2.63. The van der Waals surface area contributed by atoms with Crippen LogP contribution in [0.3, 0.4) is 0 Å². The van der Waals surface area contributed by atoms with Crippen LogP contribution in [0.25, 0.3) is 0 Å². The Balaban J connectivity index is 2.22. The van der Waals surface area contributed by atoms with Crippen molar-refractivity contribution >= 4 is 5.91 Å². The number of amides is 1. The molecule has 0 spiro atoms. The number of carbonyl (C=O) groups is 1. The SMILES string of the molecule is CC(C)(C)C(NC(=O)[C@H](O)Cc1cnc[nH]1)c1cccc(C(F)(F)F)c1. The molecule has 0 saturated carbocycles. The van der Waals surface area contributed by atoms with Gasteiger partial charge in [-0.25, -0.2) is 4.98 Å². The highest BCUT2D eigenvalue weighted by Crippen LogP contribution is 2.36. The zero-order valence-corrected chi connectivity index (χ0v) is 14.8. The lowest BCUT2D eigenvalue weighted by Crippen LogP contribution is -2.42. The fourth-order valence-corrected chi connectivity index (χ4v) is 2.63. The summed E-state index contributed by atoms with van der Waals surface area (Å²) in [7, 11) is 0. The first kappa shape index (κ1) is 20.0. The van der Waals surface area contributed by atoms with E-state index in [1.807, 2.05) is 0 Å². The van der Waals surface area contributed by atoms with Crippen LogP contribution in [-0.4, -0.2) is 27.1 Å². The fraction of sp³-hybridized carbons (Fsp3) is 0.444. The van der Waals surface area contributed by atoms with Gasteiger partial charge in [-0.05, 0) is 23.1 Å². The Morgan fingerprint density at radius 1 is 1.31 bits per heavy atom. The molecular formula is C18H22F3N3O2. The van der Waals surface area contributed by atoms with Crippen molar-refractivity contribution in [1.29, 1.82) is 0 Å². The largest absolute Gasteiger partial charge is 0.416 e. The lowest BCUT2D eigenvalue weighted by molar-refractivity contribution is -0.137. The number of rotatable bonds is 5. The Morgan fingerprint density at radius 2 is 2.00 bits per heavy atom. The summed E-state index contributed by atoms with van der Waals surface area (Å²) in [4.78, 5) is 19.0. The number of imidazole rings is 1. The third-order valence-corrected chi connectivity index (χ3v) is 3.97. The van der Waals surface area contributed by atoms with Crippen LogP contribution in [-0.2, 0) is 17.4 Å². The van der Waals surface area contributed by atoms with E-state index in [-0.39, 0.29) is 6.42 Å². The summed E-state index contributed by atoms with van der Waals surface area (Å²) in [6.45, 7) is 5.42. The van der Waals surface area contributed by atoms with Gasteiger partial charge in [0, 0.05) is 18.3 Å². The third kappa shape index (κ3) is 5.08. The highest BCUT2D eigenvalue weighted by atomic mass is 19.4. The molecule has 0 aliphatic carbocycles. The second kappa shape index (κ2) is 7.49. The zero-order valence-electron chi connectivity index (χ0n) is 14.8. The van der Waals surface area contributed by atoms with E-state index in [1.54, 1.807) is 20.8 Å². The summed E-state index contributed by atoms with van der Waals surface area (Å²) < 4.78 is 39.0. The van der Waals surface area contributed by atoms with Gasteiger partial charge in [0.1, 0.15) is 6.10 Å². The van der Waals surface area contributed by atoms with Crippen LogP contribution in [0.4, 0.5) is 13.2 Å². The van der Waals surface area contributed by atoms with Crippen molar-refractivity contribution in [3.05, 3.63) is 53.6 Å². The predicted molar refractivity (Wildman–Crippen MR) is 90.1 cm³/mol. The molecule has 1 unspecified atom stereocenters. The van der Waals surface area contributed by atoms with Gasteiger partial charge in [-0.3, -0.25) is 4.79 Å². The van der Waals surface area contributed by atoms with Crippen molar-refractivity contribution in [2.45, 2.75) is 45.5 Å². The highest BCUT2D eigenvalue weighted by molar-refractivity contribution is 5.81. The summed E-state index contributed by atoms with van der Waals surface area (Å²) in [5.74, 6) is -0.656. The first-order chi connectivity index (χ1) is 12.0. The number of H-pyrrole nitrogens is 1. The Bertz CT molecular complexity index is 737. The van der Waals surface area contributed by atoms with Crippen LogP contribution < -0.4 is 5.32 Å². The number of nitrogens with zero attached hydrogens (tertiary/aromatic N) is 1. The van der Waals surface area contributed by atoms with Gasteiger partial charge >= 0.3 is 6.18 Å². The van der Waals surface area contributed by atoms with Crippen LogP contribution in [0.5, 0.6) is 0 Å². The molecule has 142 valence electrons. The summed E-state index contributed by atoms with van der Waals surface area (Å²) in [5, 5.41) is 12.8. The molecule has 0 fully saturated rings. The minimum Gasteiger partial charge on any atom is -0.383 e. The minimum absolute atomic E-state index is 0.0330. The van der Waals surface area contributed by atoms with E-state index in [1.165, 1.54) is 24.7 Å². The van der Waals surface area contributed by atoms with Crippen LogP contribution in [0.1, 0.15) is 43.6 Å². The second-order valence-corrected chi connectivity index (χ2v) is 7.23. The van der Waals surface area contributed by atoms with Crippen molar-refractivity contribution in [2.75, 3.05) is 0 Å². The first-order valence-electron chi connectivity index (χ1n) is 8.11. The topological polar surface area (TPSA) is 78.0 Å². The van der Waals surface area contributed by atoms with Crippen molar-refractivity contribution in [3.63, 3.8) is 0 Å². The van der Waals surface area contributed by atoms with Crippen LogP contribution >= 0.6 is 0 Å². The molecule has 2 rings (SSSR count). The van der Waals surface area contributed by atoms with Crippen molar-refractivity contribution in [2.24, 2.45) is 5.41 Å². The molecule has 0 aliphatic rings. The molecule has 26 heavy (non-hydrogen) atoms. The molecule has 2 atom stereocenters. The molecule has 3 N–H and O–H groups in total. The molecule has 0 aliphatic heterocycles. The van der Waals surface area contributed by atoms with Gasteiger partial charge in [-0.2, -0.15) is 13.2 Å². The maximum absolute atomic E-state index is 13.0. The van der Waals surface area contributed by atoms with Gasteiger partial charge in [0.15, 0.2) is 0 Å². The lowest BCUT2D eigenvalue weighted by atomic mass is 9.81. The summed E-state index contributed by atoms with van der Waals surface area (Å²) >= 11 is 0. The van der Waals surface area contributed by atoms with Gasteiger partial charge in [-0.1, -0.05) is 32.9 Å². The molecular weight excluding hydrogens is 347 g/mol. The first-order valence-corrected chi connectivity index (χ1v) is 8.11. The second-order valence-electron chi connectivity index (χ2n) is 7.23. The number of aromatic nitrogens is 2. The number of halogens is 3. The van der Waals surface area contributed by atoms with E-state index >= 15 is 0 Å². The molecule has 1 heterocycles. The van der Waals surface area contributed by atoms with Gasteiger partial charge in [0.2, 0.25) is 5.91 Å². The number of hydrogen-bond acceptors (Lipinski definition) is 3. The molecule has 0 radical (unpaired) electrons. The van der Waals surface area contributed by atoms with E-state index in [0.29, 0.717) is 11.3 Å². The number of aromatic amines is 1. The molecule has 1 aromatic heterocycles. The van der Waals surface area contributed by atoms with E-state index in [9.17, 15) is 23.1 Å². The molecule has 0 bridgehead atoms. The third-order valence-electron chi connectivity index (χ3n) is 3.97.